The smallest absolute Gasteiger partial charge is 0.274 e. The molecule has 1 aromatic carbocycles. The Balaban J connectivity index is 2.83. The highest BCUT2D eigenvalue weighted by Gasteiger charge is 2.20. The van der Waals surface area contributed by atoms with E-state index in [2.05, 4.69) is 26.1 Å². The normalized spacial score (nSPS) is 14.0. The monoisotopic (exact) mass is 298 g/mol. The fourth-order valence-electron chi connectivity index (χ4n) is 2.45. The lowest BCUT2D eigenvalue weighted by Gasteiger charge is -2.24. The Kier molecular flexibility index (Phi) is 6.96. The Labute approximate surface area is 125 Å². The number of halogens is 1. The van der Waals surface area contributed by atoms with Crippen molar-refractivity contribution < 1.29 is 4.92 Å². The summed E-state index contributed by atoms with van der Waals surface area (Å²) in [5.74, 6) is 0.339. The summed E-state index contributed by atoms with van der Waals surface area (Å²) in [6, 6.07) is 5.30. The van der Waals surface area contributed by atoms with Gasteiger partial charge in [-0.3, -0.25) is 10.1 Å². The summed E-state index contributed by atoms with van der Waals surface area (Å²) in [5, 5.41) is 15.0. The van der Waals surface area contributed by atoms with Gasteiger partial charge in [0, 0.05) is 22.7 Å². The van der Waals surface area contributed by atoms with E-state index in [1.54, 1.807) is 12.1 Å². The lowest BCUT2D eigenvalue weighted by molar-refractivity contribution is -0.385. The van der Waals surface area contributed by atoms with Crippen molar-refractivity contribution in [1.82, 2.24) is 5.32 Å². The second-order valence-electron chi connectivity index (χ2n) is 5.18. The van der Waals surface area contributed by atoms with Gasteiger partial charge < -0.3 is 5.32 Å². The topological polar surface area (TPSA) is 55.2 Å². The van der Waals surface area contributed by atoms with Crippen LogP contribution in [0.4, 0.5) is 5.69 Å². The average Bonchev–Trinajstić information content (AvgIpc) is 2.41. The molecule has 0 aliphatic heterocycles. The van der Waals surface area contributed by atoms with Gasteiger partial charge in [-0.15, -0.1) is 0 Å². The molecule has 0 aliphatic carbocycles. The van der Waals surface area contributed by atoms with Crippen LogP contribution in [-0.2, 0) is 6.42 Å². The molecule has 1 N–H and O–H groups in total. The van der Waals surface area contributed by atoms with Gasteiger partial charge in [-0.05, 0) is 37.8 Å². The minimum Gasteiger partial charge on any atom is -0.314 e. The molecular formula is C15H23ClN2O2. The summed E-state index contributed by atoms with van der Waals surface area (Å²) in [7, 11) is 0. The molecule has 1 aromatic rings. The summed E-state index contributed by atoms with van der Waals surface area (Å²) in [6.45, 7) is 7.38. The highest BCUT2D eigenvalue weighted by Crippen LogP contribution is 2.26. The van der Waals surface area contributed by atoms with Crippen molar-refractivity contribution in [3.05, 3.63) is 38.9 Å². The number of hydrogen-bond acceptors (Lipinski definition) is 3. The maximum absolute atomic E-state index is 11.1. The zero-order chi connectivity index (χ0) is 15.1. The van der Waals surface area contributed by atoms with E-state index in [1.165, 1.54) is 6.07 Å². The molecule has 0 fully saturated rings. The number of nitrogens with zero attached hydrogens (tertiary/aromatic N) is 1. The van der Waals surface area contributed by atoms with Crippen LogP contribution in [0.25, 0.3) is 0 Å². The molecule has 0 amide bonds. The van der Waals surface area contributed by atoms with Gasteiger partial charge in [0.05, 0.1) is 4.92 Å². The first-order valence-corrected chi connectivity index (χ1v) is 7.53. The molecule has 0 saturated carbocycles. The van der Waals surface area contributed by atoms with Gasteiger partial charge in [0.25, 0.3) is 5.69 Å². The van der Waals surface area contributed by atoms with Crippen LogP contribution in [0.2, 0.25) is 5.02 Å². The summed E-state index contributed by atoms with van der Waals surface area (Å²) >= 11 is 5.84. The van der Waals surface area contributed by atoms with Crippen LogP contribution in [0.15, 0.2) is 18.2 Å². The fourth-order valence-corrected chi connectivity index (χ4v) is 2.61. The lowest BCUT2D eigenvalue weighted by atomic mass is 9.91. The summed E-state index contributed by atoms with van der Waals surface area (Å²) in [6.07, 6.45) is 2.79. The maximum atomic E-state index is 11.1. The van der Waals surface area contributed by atoms with Gasteiger partial charge in [0.2, 0.25) is 0 Å². The summed E-state index contributed by atoms with van der Waals surface area (Å²) < 4.78 is 0. The first kappa shape index (κ1) is 16.9. The van der Waals surface area contributed by atoms with Crippen LogP contribution in [0, 0.1) is 16.0 Å². The van der Waals surface area contributed by atoms with Gasteiger partial charge in [0.1, 0.15) is 0 Å². The molecule has 0 aromatic heterocycles. The van der Waals surface area contributed by atoms with E-state index in [0.717, 1.165) is 24.9 Å². The third kappa shape index (κ3) is 4.76. The van der Waals surface area contributed by atoms with Gasteiger partial charge in [-0.25, -0.2) is 0 Å². The molecule has 20 heavy (non-hydrogen) atoms. The summed E-state index contributed by atoms with van der Waals surface area (Å²) in [5.41, 5.74) is 0.873. The second kappa shape index (κ2) is 8.22. The third-order valence-corrected chi connectivity index (χ3v) is 3.80. The molecule has 0 heterocycles. The van der Waals surface area contributed by atoms with E-state index in [4.69, 9.17) is 11.6 Å². The van der Waals surface area contributed by atoms with Crippen LogP contribution in [0.1, 0.15) is 39.2 Å². The number of nitrogens with one attached hydrogen (secondary N) is 1. The van der Waals surface area contributed by atoms with Crippen molar-refractivity contribution in [1.29, 1.82) is 0 Å². The van der Waals surface area contributed by atoms with Crippen molar-refractivity contribution in [2.45, 2.75) is 46.1 Å². The Hall–Kier alpha value is -1.13. The molecule has 2 atom stereocenters. The number of nitro groups is 1. The van der Waals surface area contributed by atoms with E-state index in [1.807, 2.05) is 0 Å². The molecule has 0 spiro atoms. The molecule has 0 radical (unpaired) electrons. The third-order valence-electron chi connectivity index (χ3n) is 3.57. The van der Waals surface area contributed by atoms with Gasteiger partial charge in [-0.2, -0.15) is 0 Å². The number of rotatable bonds is 8. The van der Waals surface area contributed by atoms with Crippen molar-refractivity contribution in [2.24, 2.45) is 5.92 Å². The Bertz CT molecular complexity index is 451. The molecule has 0 aliphatic rings. The first-order valence-electron chi connectivity index (χ1n) is 7.15. The van der Waals surface area contributed by atoms with Gasteiger partial charge in [-0.1, -0.05) is 38.4 Å². The standard InChI is InChI=1S/C15H23ClN2O2/c1-4-8-17-14(5-2)11(3)9-12-6-7-13(16)10-15(12)18(19)20/h6-7,10-11,14,17H,4-5,8-9H2,1-3H3. The Morgan fingerprint density at radius 2 is 2.10 bits per heavy atom. The van der Waals surface area contributed by atoms with E-state index >= 15 is 0 Å². The minimum atomic E-state index is -0.353. The predicted octanol–water partition coefficient (Wildman–Crippen LogP) is 4.21. The van der Waals surface area contributed by atoms with E-state index in [-0.39, 0.29) is 10.6 Å². The van der Waals surface area contributed by atoms with Crippen molar-refractivity contribution in [3.63, 3.8) is 0 Å². The van der Waals surface area contributed by atoms with Gasteiger partial charge in [0.15, 0.2) is 0 Å². The maximum Gasteiger partial charge on any atom is 0.274 e. The molecule has 4 nitrogen and oxygen atoms in total. The van der Waals surface area contributed by atoms with E-state index in [0.29, 0.717) is 23.4 Å². The number of nitro benzene ring substituents is 1. The fraction of sp³-hybridized carbons (Fsp3) is 0.600. The quantitative estimate of drug-likeness (QED) is 0.578. The SMILES string of the molecule is CCCNC(CC)C(C)Cc1ccc(Cl)cc1[N+](=O)[O-]. The average molecular weight is 299 g/mol. The molecular weight excluding hydrogens is 276 g/mol. The molecule has 1 rings (SSSR count). The van der Waals surface area contributed by atoms with Crippen LogP contribution in [0.3, 0.4) is 0 Å². The first-order chi connectivity index (χ1) is 9.49. The van der Waals surface area contributed by atoms with Crippen LogP contribution < -0.4 is 5.32 Å². The minimum absolute atomic E-state index is 0.120. The van der Waals surface area contributed by atoms with Crippen molar-refractivity contribution >= 4 is 17.3 Å². The second-order valence-corrected chi connectivity index (χ2v) is 5.62. The molecule has 2 unspecified atom stereocenters. The van der Waals surface area contributed by atoms with Crippen LogP contribution >= 0.6 is 11.6 Å². The highest BCUT2D eigenvalue weighted by atomic mass is 35.5. The predicted molar refractivity (Wildman–Crippen MR) is 83.3 cm³/mol. The van der Waals surface area contributed by atoms with Crippen molar-refractivity contribution in [2.75, 3.05) is 6.54 Å². The Morgan fingerprint density at radius 3 is 2.65 bits per heavy atom. The molecule has 0 saturated heterocycles. The Morgan fingerprint density at radius 1 is 1.40 bits per heavy atom. The van der Waals surface area contributed by atoms with Crippen LogP contribution in [0.5, 0.6) is 0 Å². The number of hydrogen-bond donors (Lipinski definition) is 1. The van der Waals surface area contributed by atoms with Crippen molar-refractivity contribution in [3.8, 4) is 0 Å². The summed E-state index contributed by atoms with van der Waals surface area (Å²) in [4.78, 5) is 10.7. The van der Waals surface area contributed by atoms with E-state index in [9.17, 15) is 10.1 Å². The molecule has 112 valence electrons. The largest absolute Gasteiger partial charge is 0.314 e. The van der Waals surface area contributed by atoms with E-state index < -0.39 is 0 Å². The molecule has 5 heteroatoms. The van der Waals surface area contributed by atoms with Gasteiger partial charge >= 0.3 is 0 Å². The molecule has 0 bridgehead atoms. The lowest BCUT2D eigenvalue weighted by Crippen LogP contribution is -2.35. The highest BCUT2D eigenvalue weighted by molar-refractivity contribution is 6.30. The zero-order valence-electron chi connectivity index (χ0n) is 12.4. The number of benzene rings is 1. The zero-order valence-corrected chi connectivity index (χ0v) is 13.1. The van der Waals surface area contributed by atoms with Crippen LogP contribution in [-0.4, -0.2) is 17.5 Å².